The average Bonchev–Trinajstić information content (AvgIpc) is 2.96. The molecule has 0 radical (unpaired) electrons. The SMILES string of the molecule is CCN(CC)CCn1c(NC(=O)CC(C)(C)NC(=O)OC(C)(C)C)nc2ccccc21. The van der Waals surface area contributed by atoms with E-state index < -0.39 is 17.2 Å². The number of imidazole rings is 1. The van der Waals surface area contributed by atoms with Crippen LogP contribution in [-0.2, 0) is 16.1 Å². The fraction of sp³-hybridized carbons (Fsp3) is 0.609. The first-order valence-corrected chi connectivity index (χ1v) is 10.9. The number of carbonyl (C=O) groups is 2. The molecule has 0 aliphatic rings. The van der Waals surface area contributed by atoms with Gasteiger partial charge in [-0.1, -0.05) is 26.0 Å². The third-order valence-electron chi connectivity index (χ3n) is 4.88. The second-order valence-electron chi connectivity index (χ2n) is 9.34. The maximum atomic E-state index is 12.8. The van der Waals surface area contributed by atoms with Crippen molar-refractivity contribution in [2.45, 2.75) is 72.6 Å². The molecular weight excluding hydrogens is 394 g/mol. The predicted molar refractivity (Wildman–Crippen MR) is 124 cm³/mol. The number of alkyl carbamates (subject to hydrolysis) is 1. The molecule has 172 valence electrons. The van der Waals surface area contributed by atoms with E-state index >= 15 is 0 Å². The quantitative estimate of drug-likeness (QED) is 0.626. The van der Waals surface area contributed by atoms with E-state index in [9.17, 15) is 9.59 Å². The van der Waals surface area contributed by atoms with Crippen LogP contribution in [0.4, 0.5) is 10.7 Å². The minimum Gasteiger partial charge on any atom is -0.444 e. The molecule has 1 aromatic carbocycles. The summed E-state index contributed by atoms with van der Waals surface area (Å²) in [5, 5.41) is 5.71. The smallest absolute Gasteiger partial charge is 0.408 e. The van der Waals surface area contributed by atoms with Crippen molar-refractivity contribution in [2.24, 2.45) is 0 Å². The molecule has 2 aromatic rings. The predicted octanol–water partition coefficient (Wildman–Crippen LogP) is 4.01. The van der Waals surface area contributed by atoms with Crippen molar-refractivity contribution in [3.8, 4) is 0 Å². The van der Waals surface area contributed by atoms with Gasteiger partial charge in [0, 0.05) is 25.0 Å². The van der Waals surface area contributed by atoms with Gasteiger partial charge < -0.3 is 19.5 Å². The molecule has 31 heavy (non-hydrogen) atoms. The van der Waals surface area contributed by atoms with Crippen LogP contribution < -0.4 is 10.6 Å². The Labute approximate surface area is 185 Å². The molecule has 0 spiro atoms. The summed E-state index contributed by atoms with van der Waals surface area (Å²) < 4.78 is 7.35. The molecule has 0 atom stereocenters. The summed E-state index contributed by atoms with van der Waals surface area (Å²) in [6, 6.07) is 7.85. The van der Waals surface area contributed by atoms with Gasteiger partial charge in [-0.25, -0.2) is 9.78 Å². The van der Waals surface area contributed by atoms with Crippen LogP contribution in [0.25, 0.3) is 11.0 Å². The third kappa shape index (κ3) is 7.54. The number of rotatable bonds is 9. The van der Waals surface area contributed by atoms with Crippen molar-refractivity contribution >= 4 is 29.0 Å². The first-order chi connectivity index (χ1) is 14.4. The summed E-state index contributed by atoms with van der Waals surface area (Å²) in [4.78, 5) is 31.9. The highest BCUT2D eigenvalue weighted by atomic mass is 16.6. The summed E-state index contributed by atoms with van der Waals surface area (Å²) in [5.74, 6) is 0.298. The molecule has 8 heteroatoms. The Morgan fingerprint density at radius 2 is 1.74 bits per heavy atom. The normalized spacial score (nSPS) is 12.3. The van der Waals surface area contributed by atoms with Crippen LogP contribution in [0.3, 0.4) is 0 Å². The lowest BCUT2D eigenvalue weighted by Gasteiger charge is -2.28. The van der Waals surface area contributed by atoms with Gasteiger partial charge in [0.1, 0.15) is 5.60 Å². The van der Waals surface area contributed by atoms with Gasteiger partial charge in [-0.3, -0.25) is 10.1 Å². The van der Waals surface area contributed by atoms with Gasteiger partial charge in [0.2, 0.25) is 11.9 Å². The molecule has 2 N–H and O–H groups in total. The van der Waals surface area contributed by atoms with Crippen LogP contribution >= 0.6 is 0 Å². The van der Waals surface area contributed by atoms with Crippen LogP contribution in [0.1, 0.15) is 54.9 Å². The molecule has 8 nitrogen and oxygen atoms in total. The Balaban J connectivity index is 2.12. The lowest BCUT2D eigenvalue weighted by molar-refractivity contribution is -0.117. The summed E-state index contributed by atoms with van der Waals surface area (Å²) in [6.07, 6.45) is -0.456. The number of hydrogen-bond acceptors (Lipinski definition) is 5. The van der Waals surface area contributed by atoms with E-state index in [0.717, 1.165) is 37.2 Å². The number of likely N-dealkylation sites (N-methyl/N-ethyl adjacent to an activating group) is 1. The summed E-state index contributed by atoms with van der Waals surface area (Å²) in [7, 11) is 0. The molecule has 0 unspecified atom stereocenters. The Morgan fingerprint density at radius 1 is 1.10 bits per heavy atom. The standard InChI is InChI=1S/C23H37N5O3/c1-8-27(9-2)14-15-28-18-13-11-10-12-17(18)24-20(28)25-19(29)16-23(6,7)26-21(30)31-22(3,4)5/h10-13H,8-9,14-16H2,1-7H3,(H,26,30)(H,24,25,29). The number of hydrogen-bond donors (Lipinski definition) is 2. The third-order valence-corrected chi connectivity index (χ3v) is 4.88. The highest BCUT2D eigenvalue weighted by Gasteiger charge is 2.27. The number of fused-ring (bicyclic) bond motifs is 1. The Kier molecular flexibility index (Phi) is 8.06. The van der Waals surface area contributed by atoms with Crippen molar-refractivity contribution in [1.82, 2.24) is 19.8 Å². The number of amides is 2. The van der Waals surface area contributed by atoms with Gasteiger partial charge in [0.25, 0.3) is 0 Å². The van der Waals surface area contributed by atoms with Crippen LogP contribution in [-0.4, -0.2) is 57.2 Å². The van der Waals surface area contributed by atoms with E-state index in [4.69, 9.17) is 4.74 Å². The monoisotopic (exact) mass is 431 g/mol. The number of carbonyl (C=O) groups excluding carboxylic acids is 2. The first kappa shape index (κ1) is 24.7. The maximum absolute atomic E-state index is 12.8. The highest BCUT2D eigenvalue weighted by Crippen LogP contribution is 2.21. The second-order valence-corrected chi connectivity index (χ2v) is 9.34. The molecular formula is C23H37N5O3. The molecule has 1 aromatic heterocycles. The number of ether oxygens (including phenoxy) is 1. The molecule has 0 aliphatic carbocycles. The van der Waals surface area contributed by atoms with Gasteiger partial charge >= 0.3 is 6.09 Å². The molecule has 1 heterocycles. The van der Waals surface area contributed by atoms with Crippen LogP contribution in [0.15, 0.2) is 24.3 Å². The zero-order valence-corrected chi connectivity index (χ0v) is 19.9. The fourth-order valence-corrected chi connectivity index (χ4v) is 3.37. The maximum Gasteiger partial charge on any atom is 0.408 e. The second kappa shape index (κ2) is 10.1. The van der Waals surface area contributed by atoms with Crippen molar-refractivity contribution < 1.29 is 14.3 Å². The molecule has 0 aliphatic heterocycles. The van der Waals surface area contributed by atoms with E-state index in [0.29, 0.717) is 5.95 Å². The molecule has 0 bridgehead atoms. The number of benzene rings is 1. The zero-order chi connectivity index (χ0) is 23.2. The van der Waals surface area contributed by atoms with Gasteiger partial charge in [-0.15, -0.1) is 0 Å². The molecule has 2 amide bonds. The lowest BCUT2D eigenvalue weighted by atomic mass is 10.0. The van der Waals surface area contributed by atoms with Crippen LogP contribution in [0.5, 0.6) is 0 Å². The molecule has 0 saturated heterocycles. The topological polar surface area (TPSA) is 88.5 Å². The van der Waals surface area contributed by atoms with E-state index in [1.165, 1.54) is 0 Å². The fourth-order valence-electron chi connectivity index (χ4n) is 3.37. The van der Waals surface area contributed by atoms with Crippen LogP contribution in [0.2, 0.25) is 0 Å². The Morgan fingerprint density at radius 3 is 2.35 bits per heavy atom. The Hall–Kier alpha value is -2.61. The van der Waals surface area contributed by atoms with Crippen molar-refractivity contribution in [2.75, 3.05) is 25.0 Å². The zero-order valence-electron chi connectivity index (χ0n) is 19.9. The van der Waals surface area contributed by atoms with E-state index in [-0.39, 0.29) is 12.3 Å². The molecule has 0 saturated carbocycles. The van der Waals surface area contributed by atoms with Gasteiger partial charge in [-0.2, -0.15) is 0 Å². The van der Waals surface area contributed by atoms with Crippen LogP contribution in [0, 0.1) is 0 Å². The number of nitrogens with zero attached hydrogens (tertiary/aromatic N) is 3. The van der Waals surface area contributed by atoms with E-state index in [2.05, 4.69) is 34.4 Å². The van der Waals surface area contributed by atoms with Crippen molar-refractivity contribution in [3.63, 3.8) is 0 Å². The first-order valence-electron chi connectivity index (χ1n) is 10.9. The minimum absolute atomic E-state index is 0.0888. The molecule has 0 fully saturated rings. The Bertz CT molecular complexity index is 894. The largest absolute Gasteiger partial charge is 0.444 e. The number of anilines is 1. The van der Waals surface area contributed by atoms with Gasteiger partial charge in [0.15, 0.2) is 0 Å². The minimum atomic E-state index is -0.773. The van der Waals surface area contributed by atoms with E-state index in [1.807, 2.05) is 28.8 Å². The summed E-state index contributed by atoms with van der Waals surface area (Å²) in [5.41, 5.74) is 0.447. The van der Waals surface area contributed by atoms with Gasteiger partial charge in [-0.05, 0) is 59.8 Å². The van der Waals surface area contributed by atoms with Gasteiger partial charge in [0.05, 0.1) is 11.0 Å². The van der Waals surface area contributed by atoms with Crippen molar-refractivity contribution in [1.29, 1.82) is 0 Å². The van der Waals surface area contributed by atoms with E-state index in [1.54, 1.807) is 34.6 Å². The number of para-hydroxylation sites is 2. The summed E-state index contributed by atoms with van der Waals surface area (Å²) in [6.45, 7) is 16.8. The lowest BCUT2D eigenvalue weighted by Crippen LogP contribution is -2.47. The highest BCUT2D eigenvalue weighted by molar-refractivity contribution is 5.92. The number of aromatic nitrogens is 2. The molecule has 2 rings (SSSR count). The van der Waals surface area contributed by atoms with Crippen molar-refractivity contribution in [3.05, 3.63) is 24.3 Å². The average molecular weight is 432 g/mol. The summed E-state index contributed by atoms with van der Waals surface area (Å²) >= 11 is 0. The number of nitrogens with one attached hydrogen (secondary N) is 2.